The Morgan fingerprint density at radius 1 is 1.82 bits per heavy atom. The highest BCUT2D eigenvalue weighted by Crippen LogP contribution is 2.04. The number of amides is 1. The molecule has 0 bridgehead atoms. The van der Waals surface area contributed by atoms with Gasteiger partial charge in [-0.15, -0.1) is 0 Å². The van der Waals surface area contributed by atoms with Crippen molar-refractivity contribution in [3.8, 4) is 0 Å². The van der Waals surface area contributed by atoms with E-state index in [1.165, 1.54) is 0 Å². The molecule has 0 aromatic heterocycles. The predicted molar refractivity (Wildman–Crippen MR) is 41.1 cm³/mol. The zero-order valence-electron chi connectivity index (χ0n) is 6.38. The van der Waals surface area contributed by atoms with Gasteiger partial charge in [-0.2, -0.15) is 0 Å². The highest BCUT2D eigenvalue weighted by atomic mass is 16.6. The van der Waals surface area contributed by atoms with Crippen LogP contribution in [0.15, 0.2) is 12.2 Å². The molecule has 0 atom stereocenters. The number of hydrogen-bond donors (Lipinski definition) is 1. The number of cyclic esters (lactones) is 1. The van der Waals surface area contributed by atoms with Crippen LogP contribution in [0.2, 0.25) is 0 Å². The van der Waals surface area contributed by atoms with Gasteiger partial charge in [0.1, 0.15) is 6.61 Å². The standard InChI is InChI=1S/C7H12N2O2/c1-6(4-8)5-9-2-3-11-7(9)10/h1-5,8H2. The van der Waals surface area contributed by atoms with Crippen molar-refractivity contribution in [3.63, 3.8) is 0 Å². The molecule has 1 saturated heterocycles. The van der Waals surface area contributed by atoms with Crippen LogP contribution < -0.4 is 5.73 Å². The summed E-state index contributed by atoms with van der Waals surface area (Å²) in [6.45, 7) is 5.77. The first-order valence-corrected chi connectivity index (χ1v) is 3.52. The molecule has 2 N–H and O–H groups in total. The number of carbonyl (C=O) groups excluding carboxylic acids is 1. The SMILES string of the molecule is C=C(CN)CN1CCOC1=O. The van der Waals surface area contributed by atoms with Crippen molar-refractivity contribution in [2.45, 2.75) is 0 Å². The van der Waals surface area contributed by atoms with Crippen molar-refractivity contribution < 1.29 is 9.53 Å². The monoisotopic (exact) mass is 156 g/mol. The van der Waals surface area contributed by atoms with Crippen molar-refractivity contribution in [1.29, 1.82) is 0 Å². The van der Waals surface area contributed by atoms with Crippen molar-refractivity contribution in [3.05, 3.63) is 12.2 Å². The van der Waals surface area contributed by atoms with E-state index in [4.69, 9.17) is 10.5 Å². The lowest BCUT2D eigenvalue weighted by atomic mass is 10.3. The number of rotatable bonds is 3. The molecule has 0 aromatic rings. The van der Waals surface area contributed by atoms with E-state index >= 15 is 0 Å². The quantitative estimate of drug-likeness (QED) is 0.583. The molecule has 1 heterocycles. The molecule has 1 aliphatic rings. The van der Waals surface area contributed by atoms with E-state index in [-0.39, 0.29) is 6.09 Å². The van der Waals surface area contributed by atoms with Gasteiger partial charge in [0.25, 0.3) is 0 Å². The summed E-state index contributed by atoms with van der Waals surface area (Å²) in [4.78, 5) is 12.4. The molecule has 1 rings (SSSR count). The van der Waals surface area contributed by atoms with E-state index in [2.05, 4.69) is 6.58 Å². The highest BCUT2D eigenvalue weighted by Gasteiger charge is 2.21. The maximum Gasteiger partial charge on any atom is 0.410 e. The molecule has 0 unspecified atom stereocenters. The summed E-state index contributed by atoms with van der Waals surface area (Å²) >= 11 is 0. The third-order valence-electron chi connectivity index (χ3n) is 1.55. The summed E-state index contributed by atoms with van der Waals surface area (Å²) in [5.74, 6) is 0. The molecule has 0 spiro atoms. The molecule has 1 fully saturated rings. The number of nitrogens with two attached hydrogens (primary N) is 1. The Kier molecular flexibility index (Phi) is 2.48. The molecular weight excluding hydrogens is 144 g/mol. The van der Waals surface area contributed by atoms with E-state index < -0.39 is 0 Å². The first-order valence-electron chi connectivity index (χ1n) is 3.52. The van der Waals surface area contributed by atoms with Gasteiger partial charge in [-0.3, -0.25) is 0 Å². The molecular formula is C7H12N2O2. The Labute approximate surface area is 65.6 Å². The Morgan fingerprint density at radius 2 is 2.55 bits per heavy atom. The zero-order chi connectivity index (χ0) is 8.27. The van der Waals surface area contributed by atoms with Crippen molar-refractivity contribution in [2.24, 2.45) is 5.73 Å². The molecule has 1 amide bonds. The second kappa shape index (κ2) is 3.39. The van der Waals surface area contributed by atoms with Crippen LogP contribution in [0.25, 0.3) is 0 Å². The van der Waals surface area contributed by atoms with Gasteiger partial charge < -0.3 is 15.4 Å². The van der Waals surface area contributed by atoms with Crippen LogP contribution in [-0.2, 0) is 4.74 Å². The van der Waals surface area contributed by atoms with Crippen molar-refractivity contribution >= 4 is 6.09 Å². The van der Waals surface area contributed by atoms with Crippen LogP contribution in [0.3, 0.4) is 0 Å². The molecule has 4 nitrogen and oxygen atoms in total. The van der Waals surface area contributed by atoms with Crippen molar-refractivity contribution in [2.75, 3.05) is 26.2 Å². The predicted octanol–water partition coefficient (Wildman–Crippen LogP) is -0.0465. The smallest absolute Gasteiger partial charge is 0.410 e. The van der Waals surface area contributed by atoms with Gasteiger partial charge in [-0.1, -0.05) is 6.58 Å². The third-order valence-corrected chi connectivity index (χ3v) is 1.55. The average Bonchev–Trinajstić information content (AvgIpc) is 2.37. The van der Waals surface area contributed by atoms with E-state index in [9.17, 15) is 4.79 Å². The fourth-order valence-corrected chi connectivity index (χ4v) is 0.904. The Morgan fingerprint density at radius 3 is 3.00 bits per heavy atom. The van der Waals surface area contributed by atoms with E-state index in [0.29, 0.717) is 26.2 Å². The van der Waals surface area contributed by atoms with Gasteiger partial charge in [0, 0.05) is 13.1 Å². The van der Waals surface area contributed by atoms with Gasteiger partial charge in [0.05, 0.1) is 6.54 Å². The molecule has 0 aromatic carbocycles. The second-order valence-corrected chi connectivity index (χ2v) is 2.49. The van der Waals surface area contributed by atoms with Gasteiger partial charge in [0.2, 0.25) is 0 Å². The highest BCUT2D eigenvalue weighted by molar-refractivity contribution is 5.69. The van der Waals surface area contributed by atoms with Gasteiger partial charge in [-0.25, -0.2) is 4.79 Å². The second-order valence-electron chi connectivity index (χ2n) is 2.49. The molecule has 1 aliphatic heterocycles. The van der Waals surface area contributed by atoms with E-state index in [1.54, 1.807) is 4.90 Å². The van der Waals surface area contributed by atoms with Crippen LogP contribution in [0.1, 0.15) is 0 Å². The lowest BCUT2D eigenvalue weighted by molar-refractivity contribution is 0.160. The summed E-state index contributed by atoms with van der Waals surface area (Å²) in [5, 5.41) is 0. The molecule has 4 heteroatoms. The third kappa shape index (κ3) is 1.94. The van der Waals surface area contributed by atoms with Crippen LogP contribution >= 0.6 is 0 Å². The number of hydrogen-bond acceptors (Lipinski definition) is 3. The van der Waals surface area contributed by atoms with Crippen LogP contribution in [0.4, 0.5) is 4.79 Å². The number of carbonyl (C=O) groups is 1. The minimum atomic E-state index is -0.264. The molecule has 0 saturated carbocycles. The number of nitrogens with zero attached hydrogens (tertiary/aromatic N) is 1. The Balaban J connectivity index is 2.36. The Hall–Kier alpha value is -1.03. The molecule has 62 valence electrons. The molecule has 11 heavy (non-hydrogen) atoms. The normalized spacial score (nSPS) is 16.8. The first kappa shape index (κ1) is 8.07. The summed E-state index contributed by atoms with van der Waals surface area (Å²) in [6, 6.07) is 0. The minimum absolute atomic E-state index is 0.264. The minimum Gasteiger partial charge on any atom is -0.448 e. The van der Waals surface area contributed by atoms with E-state index in [1.807, 2.05) is 0 Å². The summed E-state index contributed by atoms with van der Waals surface area (Å²) in [7, 11) is 0. The average molecular weight is 156 g/mol. The topological polar surface area (TPSA) is 55.6 Å². The van der Waals surface area contributed by atoms with Gasteiger partial charge in [0.15, 0.2) is 0 Å². The van der Waals surface area contributed by atoms with Gasteiger partial charge >= 0.3 is 6.09 Å². The molecule has 0 radical (unpaired) electrons. The summed E-state index contributed by atoms with van der Waals surface area (Å²) < 4.78 is 4.72. The lowest BCUT2D eigenvalue weighted by Gasteiger charge is -2.12. The molecule has 0 aliphatic carbocycles. The van der Waals surface area contributed by atoms with Crippen LogP contribution in [-0.4, -0.2) is 37.2 Å². The first-order chi connectivity index (χ1) is 5.24. The van der Waals surface area contributed by atoms with Crippen molar-refractivity contribution in [1.82, 2.24) is 4.90 Å². The summed E-state index contributed by atoms with van der Waals surface area (Å²) in [5.41, 5.74) is 6.17. The maximum absolute atomic E-state index is 10.8. The Bertz CT molecular complexity index is 179. The van der Waals surface area contributed by atoms with E-state index in [0.717, 1.165) is 5.57 Å². The number of ether oxygens (including phenoxy) is 1. The van der Waals surface area contributed by atoms with Gasteiger partial charge in [-0.05, 0) is 5.57 Å². The largest absolute Gasteiger partial charge is 0.448 e. The lowest BCUT2D eigenvalue weighted by Crippen LogP contribution is -2.28. The fourth-order valence-electron chi connectivity index (χ4n) is 0.904. The summed E-state index contributed by atoms with van der Waals surface area (Å²) in [6.07, 6.45) is -0.264. The maximum atomic E-state index is 10.8. The fraction of sp³-hybridized carbons (Fsp3) is 0.571. The van der Waals surface area contributed by atoms with Crippen LogP contribution in [0, 0.1) is 0 Å². The zero-order valence-corrected chi connectivity index (χ0v) is 6.38. The van der Waals surface area contributed by atoms with Crippen LogP contribution in [0.5, 0.6) is 0 Å².